The van der Waals surface area contributed by atoms with Crippen molar-refractivity contribution in [3.05, 3.63) is 88.9 Å². The fourth-order valence-corrected chi connectivity index (χ4v) is 5.00. The van der Waals surface area contributed by atoms with E-state index in [1.807, 2.05) is 6.92 Å². The van der Waals surface area contributed by atoms with Crippen molar-refractivity contribution in [2.45, 2.75) is 11.1 Å². The average molecular weight is 439 g/mol. The number of benzene rings is 2. The summed E-state index contributed by atoms with van der Waals surface area (Å²) < 4.78 is 35.0. The molecule has 0 radical (unpaired) electrons. The minimum atomic E-state index is -3.88. The van der Waals surface area contributed by atoms with Crippen molar-refractivity contribution in [3.63, 3.8) is 0 Å². The number of carbonyl (C=O) groups is 1. The van der Waals surface area contributed by atoms with Gasteiger partial charge in [0.2, 0.25) is 5.78 Å². The number of hydrogen-bond acceptors (Lipinski definition) is 6. The zero-order valence-corrected chi connectivity index (χ0v) is 17.7. The maximum atomic E-state index is 13.0. The molecule has 2 aromatic carbocycles. The Morgan fingerprint density at radius 3 is 2.40 bits per heavy atom. The molecule has 1 aliphatic rings. The number of carbonyl (C=O) groups excluding carboxylic acids is 1. The van der Waals surface area contributed by atoms with E-state index in [-0.39, 0.29) is 21.4 Å². The standard InChI is InChI=1S/C22H18N2O4S2/c1-2-28-16-11-9-15(10-12-16)23-20-14-19(17-6-3-4-7-18(17)22(20)25)24-30(26,27)21-8-5-13-29-21/h3-14,23H,2H2,1H3. The number of fused-ring (bicyclic) bond motifs is 1. The van der Waals surface area contributed by atoms with E-state index in [2.05, 4.69) is 9.71 Å². The van der Waals surface area contributed by atoms with E-state index >= 15 is 0 Å². The van der Waals surface area contributed by atoms with E-state index in [1.54, 1.807) is 60.0 Å². The van der Waals surface area contributed by atoms with Gasteiger partial charge in [0.1, 0.15) is 9.96 Å². The van der Waals surface area contributed by atoms with Gasteiger partial charge in [0.05, 0.1) is 18.0 Å². The van der Waals surface area contributed by atoms with Crippen LogP contribution in [0.15, 0.2) is 86.4 Å². The molecule has 1 N–H and O–H groups in total. The number of sulfonamides is 1. The summed E-state index contributed by atoms with van der Waals surface area (Å²) in [6.45, 7) is 2.46. The second kappa shape index (κ2) is 8.25. The molecule has 1 aliphatic carbocycles. The lowest BCUT2D eigenvalue weighted by Gasteiger charge is -2.18. The fourth-order valence-electron chi connectivity index (χ4n) is 3.04. The first-order valence-corrected chi connectivity index (χ1v) is 11.5. The molecule has 0 fully saturated rings. The summed E-state index contributed by atoms with van der Waals surface area (Å²) in [5.74, 6) is 0.494. The first kappa shape index (κ1) is 20.1. The molecule has 152 valence electrons. The van der Waals surface area contributed by atoms with Gasteiger partial charge in [-0.3, -0.25) is 4.79 Å². The minimum Gasteiger partial charge on any atom is -0.494 e. The Bertz CT molecular complexity index is 1240. The van der Waals surface area contributed by atoms with Gasteiger partial charge in [0.15, 0.2) is 0 Å². The van der Waals surface area contributed by atoms with Crippen LogP contribution in [0.25, 0.3) is 0 Å². The average Bonchev–Trinajstić information content (AvgIpc) is 3.29. The zero-order chi connectivity index (χ0) is 21.1. The van der Waals surface area contributed by atoms with Crippen molar-refractivity contribution < 1.29 is 17.9 Å². The molecular formula is C22H18N2O4S2. The molecule has 1 heterocycles. The first-order chi connectivity index (χ1) is 14.5. The molecule has 1 aromatic heterocycles. The molecule has 0 bridgehead atoms. The fraction of sp³-hybridized carbons (Fsp3) is 0.0909. The van der Waals surface area contributed by atoms with Crippen LogP contribution in [0.3, 0.4) is 0 Å². The summed E-state index contributed by atoms with van der Waals surface area (Å²) in [5, 5.41) is 4.76. The third-order valence-electron chi connectivity index (χ3n) is 4.39. The third-order valence-corrected chi connectivity index (χ3v) is 7.05. The second-order valence-electron chi connectivity index (χ2n) is 6.40. The van der Waals surface area contributed by atoms with Crippen LogP contribution >= 0.6 is 11.3 Å². The lowest BCUT2D eigenvalue weighted by atomic mass is 9.92. The molecule has 0 aliphatic heterocycles. The van der Waals surface area contributed by atoms with Gasteiger partial charge in [-0.25, -0.2) is 0 Å². The summed E-state index contributed by atoms with van der Waals surface area (Å²) in [6.07, 6.45) is 1.48. The van der Waals surface area contributed by atoms with Gasteiger partial charge in [-0.2, -0.15) is 12.8 Å². The molecule has 3 aromatic rings. The van der Waals surface area contributed by atoms with Gasteiger partial charge >= 0.3 is 0 Å². The highest BCUT2D eigenvalue weighted by Crippen LogP contribution is 2.26. The molecule has 0 saturated heterocycles. The number of nitrogens with zero attached hydrogens (tertiary/aromatic N) is 1. The number of allylic oxidation sites excluding steroid dienone is 2. The van der Waals surface area contributed by atoms with Crippen molar-refractivity contribution in [1.29, 1.82) is 0 Å². The van der Waals surface area contributed by atoms with Crippen molar-refractivity contribution in [3.8, 4) is 5.75 Å². The van der Waals surface area contributed by atoms with Crippen LogP contribution in [0.5, 0.6) is 5.75 Å². The van der Waals surface area contributed by atoms with E-state index in [9.17, 15) is 13.2 Å². The molecule has 0 unspecified atom stereocenters. The van der Waals surface area contributed by atoms with Crippen LogP contribution in [0.4, 0.5) is 5.69 Å². The predicted molar refractivity (Wildman–Crippen MR) is 118 cm³/mol. The van der Waals surface area contributed by atoms with Gasteiger partial charge in [0, 0.05) is 16.8 Å². The summed E-state index contributed by atoms with van der Waals surface area (Å²) in [7, 11) is -3.88. The number of rotatable bonds is 6. The van der Waals surface area contributed by atoms with E-state index < -0.39 is 10.0 Å². The van der Waals surface area contributed by atoms with E-state index in [0.29, 0.717) is 23.4 Å². The van der Waals surface area contributed by atoms with Gasteiger partial charge in [-0.15, -0.1) is 11.3 Å². The van der Waals surface area contributed by atoms with Crippen LogP contribution in [0, 0.1) is 0 Å². The zero-order valence-electron chi connectivity index (χ0n) is 16.0. The van der Waals surface area contributed by atoms with Crippen LogP contribution in [-0.4, -0.2) is 26.5 Å². The van der Waals surface area contributed by atoms with Crippen LogP contribution in [0.2, 0.25) is 0 Å². The highest BCUT2D eigenvalue weighted by atomic mass is 32.2. The summed E-state index contributed by atoms with van der Waals surface area (Å²) in [4.78, 5) is 13.0. The van der Waals surface area contributed by atoms with Gasteiger partial charge < -0.3 is 10.1 Å². The molecule has 30 heavy (non-hydrogen) atoms. The number of nitrogens with one attached hydrogen (secondary N) is 1. The van der Waals surface area contributed by atoms with Crippen LogP contribution in [0.1, 0.15) is 22.8 Å². The molecule has 4 rings (SSSR count). The number of hydrogen-bond donors (Lipinski definition) is 1. The van der Waals surface area contributed by atoms with Crippen molar-refractivity contribution >= 4 is 38.5 Å². The highest BCUT2D eigenvalue weighted by molar-refractivity contribution is 7.92. The Hall–Kier alpha value is -3.23. The summed E-state index contributed by atoms with van der Waals surface area (Å²) in [5.41, 5.74) is 2.02. The second-order valence-corrected chi connectivity index (χ2v) is 9.18. The number of ether oxygens (including phenoxy) is 1. The monoisotopic (exact) mass is 438 g/mol. The number of Topliss-reactive ketones (excluding diaryl/α,β-unsaturated/α-hetero) is 1. The molecule has 0 amide bonds. The Morgan fingerprint density at radius 2 is 1.73 bits per heavy atom. The number of ketones is 1. The first-order valence-electron chi connectivity index (χ1n) is 9.22. The summed E-state index contributed by atoms with van der Waals surface area (Å²) in [6, 6.07) is 17.2. The topological polar surface area (TPSA) is 84.8 Å². The highest BCUT2D eigenvalue weighted by Gasteiger charge is 2.26. The van der Waals surface area contributed by atoms with Crippen molar-refractivity contribution in [1.82, 2.24) is 0 Å². The Kier molecular flexibility index (Phi) is 5.52. The van der Waals surface area contributed by atoms with Gasteiger partial charge in [-0.1, -0.05) is 30.3 Å². The SMILES string of the molecule is CCOc1ccc(NC2=CC(=NS(=O)(=O)c3cccs3)c3ccccc3C2=O)cc1. The number of anilines is 1. The Morgan fingerprint density at radius 1 is 1.00 bits per heavy atom. The van der Waals surface area contributed by atoms with E-state index in [0.717, 1.165) is 17.1 Å². The molecule has 0 atom stereocenters. The Labute approximate surface area is 178 Å². The lowest BCUT2D eigenvalue weighted by Crippen LogP contribution is -2.22. The molecule has 0 saturated carbocycles. The number of thiophene rings is 1. The van der Waals surface area contributed by atoms with Crippen molar-refractivity contribution in [2.75, 3.05) is 11.9 Å². The molecule has 0 spiro atoms. The Balaban J connectivity index is 1.74. The lowest BCUT2D eigenvalue weighted by molar-refractivity contribution is 0.103. The maximum absolute atomic E-state index is 13.0. The van der Waals surface area contributed by atoms with E-state index in [1.165, 1.54) is 12.1 Å². The molecule has 8 heteroatoms. The quantitative estimate of drug-likeness (QED) is 0.612. The third kappa shape index (κ3) is 4.05. The van der Waals surface area contributed by atoms with Crippen LogP contribution in [-0.2, 0) is 10.0 Å². The molecule has 6 nitrogen and oxygen atoms in total. The minimum absolute atomic E-state index is 0.152. The van der Waals surface area contributed by atoms with Gasteiger partial charge in [-0.05, 0) is 48.7 Å². The van der Waals surface area contributed by atoms with Crippen LogP contribution < -0.4 is 10.1 Å². The molecular weight excluding hydrogens is 420 g/mol. The summed E-state index contributed by atoms with van der Waals surface area (Å²) >= 11 is 1.10. The van der Waals surface area contributed by atoms with E-state index in [4.69, 9.17) is 4.74 Å². The predicted octanol–water partition coefficient (Wildman–Crippen LogP) is 4.52. The van der Waals surface area contributed by atoms with Gasteiger partial charge in [0.25, 0.3) is 10.0 Å². The smallest absolute Gasteiger partial charge is 0.292 e. The maximum Gasteiger partial charge on any atom is 0.292 e. The largest absolute Gasteiger partial charge is 0.494 e. The normalized spacial score (nSPS) is 14.9. The van der Waals surface area contributed by atoms with Crippen molar-refractivity contribution in [2.24, 2.45) is 4.40 Å².